The van der Waals surface area contributed by atoms with Crippen LogP contribution >= 0.6 is 15.9 Å². The molecule has 0 spiro atoms. The van der Waals surface area contributed by atoms with Gasteiger partial charge in [0.05, 0.1) is 12.2 Å². The van der Waals surface area contributed by atoms with Gasteiger partial charge in [0.15, 0.2) is 5.72 Å². The first-order valence-corrected chi connectivity index (χ1v) is 8.46. The Bertz CT molecular complexity index is 794. The molecule has 2 rings (SSSR count). The molecule has 1 aliphatic heterocycles. The van der Waals surface area contributed by atoms with E-state index >= 15 is 0 Å². The van der Waals surface area contributed by atoms with Crippen LogP contribution in [0, 0.1) is 5.41 Å². The smallest absolute Gasteiger partial charge is 0.330 e. The number of halogens is 1. The first-order valence-electron chi connectivity index (χ1n) is 7.54. The summed E-state index contributed by atoms with van der Waals surface area (Å²) in [6.45, 7) is 7.91. The van der Waals surface area contributed by atoms with Crippen LogP contribution in [0.15, 0.2) is 20.8 Å². The minimum Gasteiger partial charge on any atom is -0.393 e. The van der Waals surface area contributed by atoms with Gasteiger partial charge in [0, 0.05) is 11.6 Å². The van der Waals surface area contributed by atoms with Crippen LogP contribution in [0.4, 0.5) is 0 Å². The van der Waals surface area contributed by atoms with Crippen molar-refractivity contribution >= 4 is 22.0 Å². The summed E-state index contributed by atoms with van der Waals surface area (Å²) in [5.74, 6) is 0. The summed E-state index contributed by atoms with van der Waals surface area (Å²) in [4.78, 5) is 28.1. The van der Waals surface area contributed by atoms with Gasteiger partial charge in [-0.2, -0.15) is 0 Å². The number of nitrogens with zero attached hydrogens (tertiary/aromatic N) is 1. The van der Waals surface area contributed by atoms with Gasteiger partial charge in [0.1, 0.15) is 11.2 Å². The Morgan fingerprint density at radius 1 is 1.29 bits per heavy atom. The number of rotatable bonds is 3. The number of aromatic nitrogens is 2. The first kappa shape index (κ1) is 19.1. The van der Waals surface area contributed by atoms with Crippen molar-refractivity contribution in [1.82, 2.24) is 9.55 Å². The fourth-order valence-corrected chi connectivity index (χ4v) is 3.59. The van der Waals surface area contributed by atoms with Crippen LogP contribution < -0.4 is 11.2 Å². The largest absolute Gasteiger partial charge is 0.393 e. The maximum atomic E-state index is 12.4. The second kappa shape index (κ2) is 5.66. The van der Waals surface area contributed by atoms with Crippen LogP contribution in [0.2, 0.25) is 0 Å². The molecule has 1 fully saturated rings. The van der Waals surface area contributed by atoms with Crippen molar-refractivity contribution in [2.24, 2.45) is 5.41 Å². The quantitative estimate of drug-likeness (QED) is 0.702. The molecule has 2 heterocycles. The molecule has 0 aromatic carbocycles. The zero-order chi connectivity index (χ0) is 18.6. The third-order valence-electron chi connectivity index (χ3n) is 5.80. The van der Waals surface area contributed by atoms with Gasteiger partial charge < -0.3 is 14.9 Å². The third kappa shape index (κ3) is 2.28. The summed E-state index contributed by atoms with van der Waals surface area (Å²) in [5, 5.41) is 20.8. The molecule has 0 amide bonds. The number of hydrogen-bond acceptors (Lipinski definition) is 5. The molecule has 24 heavy (non-hydrogen) atoms. The Morgan fingerprint density at radius 2 is 1.88 bits per heavy atom. The molecule has 7 nitrogen and oxygen atoms in total. The van der Waals surface area contributed by atoms with Gasteiger partial charge in [0.2, 0.25) is 0 Å². The van der Waals surface area contributed by atoms with E-state index < -0.39 is 40.2 Å². The summed E-state index contributed by atoms with van der Waals surface area (Å²) in [6, 6.07) is 0. The Hall–Kier alpha value is -1.22. The van der Waals surface area contributed by atoms with E-state index in [1.807, 2.05) is 0 Å². The number of aliphatic hydroxyl groups is 2. The number of aromatic amines is 1. The van der Waals surface area contributed by atoms with Crippen molar-refractivity contribution in [2.45, 2.75) is 51.5 Å². The number of ether oxygens (including phenoxy) is 1. The van der Waals surface area contributed by atoms with Crippen LogP contribution in [0.1, 0.15) is 40.2 Å². The summed E-state index contributed by atoms with van der Waals surface area (Å²) in [6.07, 6.45) is 2.89. The van der Waals surface area contributed by atoms with Crippen LogP contribution in [0.5, 0.6) is 0 Å². The molecule has 134 valence electrons. The minimum absolute atomic E-state index is 0.254. The highest BCUT2D eigenvalue weighted by molar-refractivity contribution is 9.11. The Balaban J connectivity index is 2.79. The van der Waals surface area contributed by atoms with Crippen molar-refractivity contribution < 1.29 is 14.9 Å². The zero-order valence-electron chi connectivity index (χ0n) is 14.4. The van der Waals surface area contributed by atoms with Crippen LogP contribution in [-0.2, 0) is 10.5 Å². The zero-order valence-corrected chi connectivity index (χ0v) is 16.0. The van der Waals surface area contributed by atoms with Gasteiger partial charge >= 0.3 is 5.69 Å². The van der Waals surface area contributed by atoms with Gasteiger partial charge in [-0.05, 0) is 31.8 Å². The maximum Gasteiger partial charge on any atom is 0.330 e. The summed E-state index contributed by atoms with van der Waals surface area (Å²) >= 11 is 3.11. The monoisotopic (exact) mass is 402 g/mol. The second-order valence-corrected chi connectivity index (χ2v) is 7.71. The maximum absolute atomic E-state index is 12.4. The van der Waals surface area contributed by atoms with Gasteiger partial charge in [-0.1, -0.05) is 29.8 Å². The van der Waals surface area contributed by atoms with E-state index in [4.69, 9.17) is 4.74 Å². The average Bonchev–Trinajstić information content (AvgIpc) is 2.58. The molecule has 8 heteroatoms. The van der Waals surface area contributed by atoms with E-state index in [0.29, 0.717) is 0 Å². The van der Waals surface area contributed by atoms with Crippen molar-refractivity contribution in [2.75, 3.05) is 6.61 Å². The van der Waals surface area contributed by atoms with Crippen molar-refractivity contribution in [3.8, 4) is 0 Å². The van der Waals surface area contributed by atoms with E-state index in [-0.39, 0.29) is 5.56 Å². The number of nitrogens with one attached hydrogen (secondary N) is 1. The lowest BCUT2D eigenvalue weighted by molar-refractivity contribution is -0.182. The van der Waals surface area contributed by atoms with Crippen LogP contribution in [-0.4, -0.2) is 37.6 Å². The van der Waals surface area contributed by atoms with E-state index in [1.54, 1.807) is 34.6 Å². The highest BCUT2D eigenvalue weighted by Crippen LogP contribution is 2.59. The summed E-state index contributed by atoms with van der Waals surface area (Å²) < 4.78 is 7.32. The molecule has 1 saturated heterocycles. The molecule has 0 radical (unpaired) electrons. The van der Waals surface area contributed by atoms with Crippen molar-refractivity contribution in [1.29, 1.82) is 0 Å². The molecule has 0 aliphatic carbocycles. The summed E-state index contributed by atoms with van der Waals surface area (Å²) in [7, 11) is 0. The van der Waals surface area contributed by atoms with Crippen molar-refractivity contribution in [3.63, 3.8) is 0 Å². The van der Waals surface area contributed by atoms with Crippen molar-refractivity contribution in [3.05, 3.63) is 37.6 Å². The number of hydrogen-bond donors (Lipinski definition) is 3. The Morgan fingerprint density at radius 3 is 2.33 bits per heavy atom. The lowest BCUT2D eigenvalue weighted by Gasteiger charge is -2.43. The van der Waals surface area contributed by atoms with E-state index in [2.05, 4.69) is 20.9 Å². The minimum atomic E-state index is -1.44. The SMILES string of the molecule is CC1(C)[C@](C)(n2cc(/C=C/Br)c(=O)[nH]c2=O)O[C@](C)(CO)[C@@]1(C)O. The molecule has 1 aliphatic rings. The number of aliphatic hydroxyl groups excluding tert-OH is 1. The number of H-pyrrole nitrogens is 1. The van der Waals surface area contributed by atoms with E-state index in [9.17, 15) is 19.8 Å². The third-order valence-corrected chi connectivity index (χ3v) is 6.07. The summed E-state index contributed by atoms with van der Waals surface area (Å²) in [5.41, 5.74) is -5.91. The molecular formula is C16H23BrN2O5. The topological polar surface area (TPSA) is 105 Å². The van der Waals surface area contributed by atoms with Gasteiger partial charge in [-0.15, -0.1) is 0 Å². The second-order valence-electron chi connectivity index (χ2n) is 7.18. The van der Waals surface area contributed by atoms with E-state index in [0.717, 1.165) is 0 Å². The Kier molecular flexibility index (Phi) is 4.50. The standard InChI is InChI=1S/C16H23BrN2O5/c1-13(2)15(4,23)14(3,9-20)24-16(13,5)19-8-10(6-7-17)11(21)18-12(19)22/h6-8,20,23H,9H2,1-5H3,(H,18,21,22)/b7-6+/t14-,15+,16-/m1/s1. The lowest BCUT2D eigenvalue weighted by Crippen LogP contribution is -2.58. The fraction of sp³-hybridized carbons (Fsp3) is 0.625. The average molecular weight is 403 g/mol. The molecule has 0 unspecified atom stereocenters. The van der Waals surface area contributed by atoms with Crippen LogP contribution in [0.25, 0.3) is 6.08 Å². The first-order chi connectivity index (χ1) is 10.9. The van der Waals surface area contributed by atoms with Crippen LogP contribution in [0.3, 0.4) is 0 Å². The van der Waals surface area contributed by atoms with E-state index in [1.165, 1.54) is 21.8 Å². The molecular weight excluding hydrogens is 380 g/mol. The Labute approximate surface area is 148 Å². The molecule has 1 aromatic rings. The van der Waals surface area contributed by atoms with Gasteiger partial charge in [-0.25, -0.2) is 4.79 Å². The highest BCUT2D eigenvalue weighted by Gasteiger charge is 2.70. The predicted molar refractivity (Wildman–Crippen MR) is 93.9 cm³/mol. The molecule has 0 saturated carbocycles. The fourth-order valence-electron chi connectivity index (χ4n) is 3.30. The molecule has 3 atom stereocenters. The molecule has 3 N–H and O–H groups in total. The highest BCUT2D eigenvalue weighted by atomic mass is 79.9. The lowest BCUT2D eigenvalue weighted by atomic mass is 9.65. The molecule has 1 aromatic heterocycles. The van der Waals surface area contributed by atoms with Gasteiger partial charge in [0.25, 0.3) is 5.56 Å². The predicted octanol–water partition coefficient (Wildman–Crippen LogP) is 1.13. The normalized spacial score (nSPS) is 35.7. The molecule has 0 bridgehead atoms. The van der Waals surface area contributed by atoms with Gasteiger partial charge in [-0.3, -0.25) is 14.3 Å².